The number of nitrogens with zero attached hydrogens (tertiary/aromatic N) is 1. The molecule has 1 rings (SSSR count). The van der Waals surface area contributed by atoms with Crippen LogP contribution in [0.25, 0.3) is 0 Å². The molecule has 1 N–H and O–H groups in total. The van der Waals surface area contributed by atoms with Crippen molar-refractivity contribution in [2.75, 3.05) is 18.1 Å². The summed E-state index contributed by atoms with van der Waals surface area (Å²) in [7, 11) is -2.87. The maximum absolute atomic E-state index is 11.4. The van der Waals surface area contributed by atoms with Crippen molar-refractivity contribution in [3.63, 3.8) is 0 Å². The van der Waals surface area contributed by atoms with E-state index in [1.807, 2.05) is 13.8 Å². The van der Waals surface area contributed by atoms with Crippen LogP contribution in [-0.4, -0.2) is 54.5 Å². The summed E-state index contributed by atoms with van der Waals surface area (Å²) in [5, 5.41) is 8.60. The minimum Gasteiger partial charge on any atom is -0.481 e. The van der Waals surface area contributed by atoms with Crippen molar-refractivity contribution in [2.24, 2.45) is 0 Å². The molecule has 0 aromatic rings. The van der Waals surface area contributed by atoms with Gasteiger partial charge in [0.05, 0.1) is 11.5 Å². The molecule has 5 nitrogen and oxygen atoms in total. The first-order valence-corrected chi connectivity index (χ1v) is 7.82. The predicted octanol–water partition coefficient (Wildman–Crippen LogP) is 0.749. The molecule has 0 aromatic heterocycles. The third-order valence-electron chi connectivity index (χ3n) is 3.15. The molecule has 100 valence electrons. The monoisotopic (exact) mass is 263 g/mol. The lowest BCUT2D eigenvalue weighted by Gasteiger charge is -2.31. The van der Waals surface area contributed by atoms with Gasteiger partial charge in [0.2, 0.25) is 0 Å². The number of carboxylic acid groups (broad SMARTS) is 1. The Morgan fingerprint density at radius 1 is 1.47 bits per heavy atom. The zero-order valence-corrected chi connectivity index (χ0v) is 11.2. The molecule has 1 saturated heterocycles. The zero-order valence-electron chi connectivity index (χ0n) is 10.4. The van der Waals surface area contributed by atoms with Crippen molar-refractivity contribution in [3.8, 4) is 0 Å². The van der Waals surface area contributed by atoms with E-state index in [4.69, 9.17) is 5.11 Å². The summed E-state index contributed by atoms with van der Waals surface area (Å²) in [4.78, 5) is 12.6. The highest BCUT2D eigenvalue weighted by atomic mass is 32.2. The Kier molecular flexibility index (Phi) is 4.94. The average Bonchev–Trinajstić information content (AvgIpc) is 2.52. The second-order valence-corrected chi connectivity index (χ2v) is 7.11. The van der Waals surface area contributed by atoms with Gasteiger partial charge in [-0.3, -0.25) is 9.69 Å². The molecule has 1 aliphatic rings. The van der Waals surface area contributed by atoms with Crippen molar-refractivity contribution >= 4 is 15.8 Å². The second kappa shape index (κ2) is 5.82. The van der Waals surface area contributed by atoms with Gasteiger partial charge in [0.15, 0.2) is 9.84 Å². The van der Waals surface area contributed by atoms with Crippen LogP contribution >= 0.6 is 0 Å². The molecule has 0 saturated carbocycles. The number of sulfone groups is 1. The van der Waals surface area contributed by atoms with Crippen LogP contribution in [0.4, 0.5) is 0 Å². The topological polar surface area (TPSA) is 74.7 Å². The van der Waals surface area contributed by atoms with Gasteiger partial charge in [-0.15, -0.1) is 0 Å². The van der Waals surface area contributed by atoms with Crippen molar-refractivity contribution in [1.29, 1.82) is 0 Å². The molecule has 1 atom stereocenters. The highest BCUT2D eigenvalue weighted by Gasteiger charge is 2.32. The van der Waals surface area contributed by atoms with Crippen LogP contribution in [0.3, 0.4) is 0 Å². The molecular formula is C11H21NO4S. The molecule has 0 aromatic carbocycles. The van der Waals surface area contributed by atoms with E-state index in [-0.39, 0.29) is 30.0 Å². The van der Waals surface area contributed by atoms with E-state index < -0.39 is 15.8 Å². The van der Waals surface area contributed by atoms with Crippen LogP contribution in [-0.2, 0) is 14.6 Å². The summed E-state index contributed by atoms with van der Waals surface area (Å²) in [5.41, 5.74) is 0. The molecular weight excluding hydrogens is 242 g/mol. The van der Waals surface area contributed by atoms with Gasteiger partial charge in [-0.2, -0.15) is 0 Å². The van der Waals surface area contributed by atoms with E-state index in [2.05, 4.69) is 4.90 Å². The molecule has 1 unspecified atom stereocenters. The minimum atomic E-state index is -2.87. The van der Waals surface area contributed by atoms with Crippen molar-refractivity contribution in [3.05, 3.63) is 0 Å². The number of hydrogen-bond donors (Lipinski definition) is 1. The standard InChI is InChI=1S/C11H21NO4S/c1-9(2)12(6-3-4-11(13)14)10-5-7-17(15,16)8-10/h9-10H,3-8H2,1-2H3,(H,13,14). The number of aliphatic carboxylic acids is 1. The Balaban J connectivity index is 2.52. The number of rotatable bonds is 6. The Labute approximate surface area is 103 Å². The Morgan fingerprint density at radius 2 is 2.12 bits per heavy atom. The molecule has 1 fully saturated rings. The second-order valence-electron chi connectivity index (χ2n) is 4.89. The summed E-state index contributed by atoms with van der Waals surface area (Å²) in [5.74, 6) is -0.314. The maximum Gasteiger partial charge on any atom is 0.303 e. The van der Waals surface area contributed by atoms with E-state index in [1.165, 1.54) is 0 Å². The third kappa shape index (κ3) is 4.63. The van der Waals surface area contributed by atoms with E-state index in [0.717, 1.165) is 0 Å². The minimum absolute atomic E-state index is 0.0637. The maximum atomic E-state index is 11.4. The SMILES string of the molecule is CC(C)N(CCCC(=O)O)C1CCS(=O)(=O)C1. The lowest BCUT2D eigenvalue weighted by atomic mass is 10.1. The van der Waals surface area contributed by atoms with Gasteiger partial charge in [-0.05, 0) is 33.2 Å². The molecule has 6 heteroatoms. The van der Waals surface area contributed by atoms with Crippen LogP contribution in [0.15, 0.2) is 0 Å². The lowest BCUT2D eigenvalue weighted by molar-refractivity contribution is -0.137. The van der Waals surface area contributed by atoms with E-state index >= 15 is 0 Å². The van der Waals surface area contributed by atoms with Gasteiger partial charge >= 0.3 is 5.97 Å². The van der Waals surface area contributed by atoms with Crippen LogP contribution in [0.2, 0.25) is 0 Å². The van der Waals surface area contributed by atoms with Gasteiger partial charge in [-0.25, -0.2) is 8.42 Å². The highest BCUT2D eigenvalue weighted by Crippen LogP contribution is 2.20. The van der Waals surface area contributed by atoms with Gasteiger partial charge in [0, 0.05) is 18.5 Å². The van der Waals surface area contributed by atoms with Gasteiger partial charge in [-0.1, -0.05) is 0 Å². The van der Waals surface area contributed by atoms with Crippen molar-refractivity contribution < 1.29 is 18.3 Å². The highest BCUT2D eigenvalue weighted by molar-refractivity contribution is 7.91. The van der Waals surface area contributed by atoms with Crippen LogP contribution in [0.5, 0.6) is 0 Å². The Morgan fingerprint density at radius 3 is 2.53 bits per heavy atom. The van der Waals surface area contributed by atoms with Crippen LogP contribution in [0.1, 0.15) is 33.1 Å². The summed E-state index contributed by atoms with van der Waals surface area (Å²) in [6, 6.07) is 0.316. The summed E-state index contributed by atoms with van der Waals surface area (Å²) < 4.78 is 22.9. The van der Waals surface area contributed by atoms with Gasteiger partial charge < -0.3 is 5.11 Å². The van der Waals surface area contributed by atoms with E-state index in [0.29, 0.717) is 19.4 Å². The molecule has 0 bridgehead atoms. The lowest BCUT2D eigenvalue weighted by Crippen LogP contribution is -2.42. The molecule has 1 aliphatic heterocycles. The predicted molar refractivity (Wildman–Crippen MR) is 65.8 cm³/mol. The Hall–Kier alpha value is -0.620. The van der Waals surface area contributed by atoms with Crippen molar-refractivity contribution in [2.45, 2.75) is 45.2 Å². The quantitative estimate of drug-likeness (QED) is 0.765. The smallest absolute Gasteiger partial charge is 0.303 e. The Bertz CT molecular complexity index is 364. The van der Waals surface area contributed by atoms with Gasteiger partial charge in [0.1, 0.15) is 0 Å². The van der Waals surface area contributed by atoms with Crippen LogP contribution < -0.4 is 0 Å². The molecule has 0 radical (unpaired) electrons. The average molecular weight is 263 g/mol. The fraction of sp³-hybridized carbons (Fsp3) is 0.909. The van der Waals surface area contributed by atoms with Crippen molar-refractivity contribution in [1.82, 2.24) is 4.90 Å². The first kappa shape index (κ1) is 14.4. The summed E-state index contributed by atoms with van der Waals surface area (Å²) >= 11 is 0. The first-order valence-electron chi connectivity index (χ1n) is 6.00. The number of carboxylic acids is 1. The molecule has 17 heavy (non-hydrogen) atoms. The van der Waals surface area contributed by atoms with E-state index in [9.17, 15) is 13.2 Å². The number of hydrogen-bond acceptors (Lipinski definition) is 4. The fourth-order valence-electron chi connectivity index (χ4n) is 2.31. The molecule has 0 aliphatic carbocycles. The molecule has 0 amide bonds. The van der Waals surface area contributed by atoms with Gasteiger partial charge in [0.25, 0.3) is 0 Å². The van der Waals surface area contributed by atoms with Crippen LogP contribution in [0, 0.1) is 0 Å². The molecule has 0 spiro atoms. The van der Waals surface area contributed by atoms with E-state index in [1.54, 1.807) is 0 Å². The number of carbonyl (C=O) groups is 1. The third-order valence-corrected chi connectivity index (χ3v) is 4.90. The summed E-state index contributed by atoms with van der Waals surface area (Å²) in [6.45, 7) is 4.70. The zero-order chi connectivity index (χ0) is 13.1. The molecule has 1 heterocycles. The summed E-state index contributed by atoms with van der Waals surface area (Å²) in [6.07, 6.45) is 1.39. The normalized spacial score (nSPS) is 23.4. The largest absolute Gasteiger partial charge is 0.481 e. The first-order chi connectivity index (χ1) is 7.82. The fourth-order valence-corrected chi connectivity index (χ4v) is 4.05.